The number of nitrogens with one attached hydrogen (secondary N) is 1. The van der Waals surface area contributed by atoms with Gasteiger partial charge < -0.3 is 15.8 Å². The molecule has 0 spiro atoms. The summed E-state index contributed by atoms with van der Waals surface area (Å²) in [5.41, 5.74) is 5.77. The number of morpholine rings is 1. The van der Waals surface area contributed by atoms with Crippen LogP contribution in [-0.2, 0) is 9.53 Å². The zero-order valence-electron chi connectivity index (χ0n) is 16.6. The maximum absolute atomic E-state index is 12.8. The Balaban J connectivity index is 0.00000312. The van der Waals surface area contributed by atoms with Gasteiger partial charge in [-0.15, -0.1) is 24.8 Å². The fourth-order valence-corrected chi connectivity index (χ4v) is 4.33. The molecule has 0 radical (unpaired) electrons. The molecule has 5 nitrogen and oxygen atoms in total. The molecule has 0 bridgehead atoms. The van der Waals surface area contributed by atoms with Gasteiger partial charge in [-0.2, -0.15) is 0 Å². The fourth-order valence-electron chi connectivity index (χ4n) is 4.33. The van der Waals surface area contributed by atoms with Crippen LogP contribution in [0.3, 0.4) is 0 Å². The Kier molecular flexibility index (Phi) is 12.4. The number of hydrogen-bond acceptors (Lipinski definition) is 4. The topological polar surface area (TPSA) is 67.6 Å². The molecule has 2 aliphatic rings. The summed E-state index contributed by atoms with van der Waals surface area (Å²) in [5, 5.41) is 3.30. The summed E-state index contributed by atoms with van der Waals surface area (Å²) in [4.78, 5) is 15.3. The van der Waals surface area contributed by atoms with E-state index in [0.717, 1.165) is 52.2 Å². The van der Waals surface area contributed by atoms with Crippen LogP contribution in [0.25, 0.3) is 0 Å². The molecule has 3 N–H and O–H groups in total. The third-order valence-corrected chi connectivity index (χ3v) is 6.43. The van der Waals surface area contributed by atoms with Crippen molar-refractivity contribution in [3.63, 3.8) is 0 Å². The van der Waals surface area contributed by atoms with Crippen molar-refractivity contribution in [2.75, 3.05) is 45.9 Å². The highest BCUT2D eigenvalue weighted by Crippen LogP contribution is 2.37. The van der Waals surface area contributed by atoms with Gasteiger partial charge in [0.1, 0.15) is 0 Å². The Labute approximate surface area is 172 Å². The number of ether oxygens (including phenoxy) is 1. The summed E-state index contributed by atoms with van der Waals surface area (Å²) in [5.74, 6) is 0.155. The lowest BCUT2D eigenvalue weighted by molar-refractivity contribution is -0.131. The van der Waals surface area contributed by atoms with E-state index < -0.39 is 5.41 Å². The van der Waals surface area contributed by atoms with Gasteiger partial charge >= 0.3 is 0 Å². The minimum absolute atomic E-state index is 0. The predicted molar refractivity (Wildman–Crippen MR) is 112 cm³/mol. The highest BCUT2D eigenvalue weighted by molar-refractivity contribution is 5.85. The molecular weight excluding hydrogens is 373 g/mol. The lowest BCUT2D eigenvalue weighted by Crippen LogP contribution is -2.52. The molecule has 0 unspecified atom stereocenters. The molecule has 26 heavy (non-hydrogen) atoms. The van der Waals surface area contributed by atoms with E-state index in [4.69, 9.17) is 10.5 Å². The van der Waals surface area contributed by atoms with Crippen LogP contribution in [0.1, 0.15) is 58.8 Å². The summed E-state index contributed by atoms with van der Waals surface area (Å²) < 4.78 is 5.48. The quantitative estimate of drug-likeness (QED) is 0.643. The van der Waals surface area contributed by atoms with Crippen molar-refractivity contribution < 1.29 is 9.53 Å². The second kappa shape index (κ2) is 12.4. The molecule has 1 aliphatic carbocycles. The van der Waals surface area contributed by atoms with Gasteiger partial charge in [0.15, 0.2) is 0 Å². The monoisotopic (exact) mass is 411 g/mol. The van der Waals surface area contributed by atoms with Crippen LogP contribution in [0.15, 0.2) is 0 Å². The normalized spacial score (nSPS) is 20.6. The zero-order chi connectivity index (χ0) is 17.5. The van der Waals surface area contributed by atoms with Crippen LogP contribution in [0.4, 0.5) is 0 Å². The van der Waals surface area contributed by atoms with Crippen LogP contribution in [0.2, 0.25) is 0 Å². The third-order valence-electron chi connectivity index (χ3n) is 6.43. The van der Waals surface area contributed by atoms with Crippen LogP contribution < -0.4 is 11.1 Å². The van der Waals surface area contributed by atoms with Crippen LogP contribution in [0, 0.1) is 10.8 Å². The molecule has 1 aliphatic heterocycles. The van der Waals surface area contributed by atoms with E-state index in [2.05, 4.69) is 24.1 Å². The molecule has 156 valence electrons. The van der Waals surface area contributed by atoms with Crippen LogP contribution in [-0.4, -0.2) is 56.7 Å². The number of nitrogens with two attached hydrogens (primary N) is 1. The van der Waals surface area contributed by atoms with Crippen molar-refractivity contribution in [3.05, 3.63) is 0 Å². The van der Waals surface area contributed by atoms with Gasteiger partial charge in [0.25, 0.3) is 0 Å². The first-order valence-corrected chi connectivity index (χ1v) is 9.88. The average molecular weight is 412 g/mol. The van der Waals surface area contributed by atoms with E-state index in [1.807, 2.05) is 0 Å². The van der Waals surface area contributed by atoms with Gasteiger partial charge in [-0.3, -0.25) is 9.69 Å². The number of hydrogen-bond donors (Lipinski definition) is 2. The van der Waals surface area contributed by atoms with Crippen molar-refractivity contribution in [1.29, 1.82) is 0 Å². The smallest absolute Gasteiger partial charge is 0.227 e. The van der Waals surface area contributed by atoms with Crippen molar-refractivity contribution >= 4 is 30.7 Å². The first-order chi connectivity index (χ1) is 11.6. The van der Waals surface area contributed by atoms with Crippen molar-refractivity contribution in [2.24, 2.45) is 16.6 Å². The molecule has 1 saturated carbocycles. The van der Waals surface area contributed by atoms with E-state index in [9.17, 15) is 4.79 Å². The minimum Gasteiger partial charge on any atom is -0.379 e. The van der Waals surface area contributed by atoms with Gasteiger partial charge in [0.2, 0.25) is 5.91 Å². The third kappa shape index (κ3) is 6.52. The molecule has 1 heterocycles. The molecule has 1 amide bonds. The summed E-state index contributed by atoms with van der Waals surface area (Å²) in [6, 6.07) is 0. The number of carbonyl (C=O) groups excluding carboxylic acids is 1. The van der Waals surface area contributed by atoms with Gasteiger partial charge in [0, 0.05) is 38.1 Å². The van der Waals surface area contributed by atoms with Gasteiger partial charge in [-0.25, -0.2) is 0 Å². The molecule has 0 atom stereocenters. The molecule has 0 aromatic heterocycles. The second-order valence-electron chi connectivity index (χ2n) is 7.82. The lowest BCUT2D eigenvalue weighted by atomic mass is 9.73. The second-order valence-corrected chi connectivity index (χ2v) is 7.82. The Morgan fingerprint density at radius 2 is 1.69 bits per heavy atom. The molecule has 7 heteroatoms. The van der Waals surface area contributed by atoms with Crippen molar-refractivity contribution in [3.8, 4) is 0 Å². The van der Waals surface area contributed by atoms with E-state index in [0.29, 0.717) is 6.54 Å². The first kappa shape index (κ1) is 25.9. The van der Waals surface area contributed by atoms with E-state index >= 15 is 0 Å². The predicted octanol–water partition coefficient (Wildman–Crippen LogP) is 2.99. The maximum atomic E-state index is 12.8. The van der Waals surface area contributed by atoms with Crippen LogP contribution >= 0.6 is 24.8 Å². The molecule has 0 aromatic rings. The summed E-state index contributed by atoms with van der Waals surface area (Å²) in [6.07, 6.45) is 7.95. The first-order valence-electron chi connectivity index (χ1n) is 9.88. The van der Waals surface area contributed by atoms with Gasteiger partial charge in [-0.1, -0.05) is 33.1 Å². The number of halogens is 2. The number of amides is 1. The standard InChI is InChI=1S/C19H37N3O2.2ClH/c1-3-19(4-2,14-20)17(23)21-15-18(8-6-5-7-9-18)16-22-10-12-24-13-11-22;;/h3-16,20H2,1-2H3,(H,21,23);2*1H. The zero-order valence-corrected chi connectivity index (χ0v) is 18.2. The number of nitrogens with zero attached hydrogens (tertiary/aromatic N) is 1. The Morgan fingerprint density at radius 1 is 1.12 bits per heavy atom. The Morgan fingerprint density at radius 3 is 2.19 bits per heavy atom. The number of rotatable bonds is 8. The largest absolute Gasteiger partial charge is 0.379 e. The molecular formula is C19H39Cl2N3O2. The summed E-state index contributed by atoms with van der Waals surface area (Å²) in [7, 11) is 0. The Bertz CT molecular complexity index is 386. The van der Waals surface area contributed by atoms with E-state index in [1.165, 1.54) is 32.1 Å². The highest BCUT2D eigenvalue weighted by Gasteiger charge is 2.38. The summed E-state index contributed by atoms with van der Waals surface area (Å²) in [6.45, 7) is 10.2. The molecule has 0 aromatic carbocycles. The lowest BCUT2D eigenvalue weighted by Gasteiger charge is -2.43. The van der Waals surface area contributed by atoms with Crippen LogP contribution in [0.5, 0.6) is 0 Å². The highest BCUT2D eigenvalue weighted by atomic mass is 35.5. The Hall–Kier alpha value is -0.0700. The minimum atomic E-state index is -0.394. The van der Waals surface area contributed by atoms with Gasteiger partial charge in [-0.05, 0) is 25.7 Å². The average Bonchev–Trinajstić information content (AvgIpc) is 2.64. The maximum Gasteiger partial charge on any atom is 0.227 e. The van der Waals surface area contributed by atoms with E-state index in [-0.39, 0.29) is 36.1 Å². The molecule has 1 saturated heterocycles. The van der Waals surface area contributed by atoms with Gasteiger partial charge in [0.05, 0.1) is 18.6 Å². The SMILES string of the molecule is CCC(CC)(CN)C(=O)NCC1(CN2CCOCC2)CCCCC1.Cl.Cl. The van der Waals surface area contributed by atoms with Crippen molar-refractivity contribution in [1.82, 2.24) is 10.2 Å². The summed E-state index contributed by atoms with van der Waals surface area (Å²) >= 11 is 0. The van der Waals surface area contributed by atoms with E-state index in [1.54, 1.807) is 0 Å². The van der Waals surface area contributed by atoms with Crippen molar-refractivity contribution in [2.45, 2.75) is 58.8 Å². The number of carbonyl (C=O) groups is 1. The molecule has 2 rings (SSSR count). The molecule has 2 fully saturated rings. The fraction of sp³-hybridized carbons (Fsp3) is 0.947.